The normalized spacial score (nSPS) is 21.2. The molecular weight excluding hydrogens is 274 g/mol. The van der Waals surface area contributed by atoms with Crippen molar-refractivity contribution in [3.63, 3.8) is 0 Å². The van der Waals surface area contributed by atoms with Crippen LogP contribution in [0.2, 0.25) is 0 Å². The molecule has 0 unspecified atom stereocenters. The number of amides is 2. The molecule has 2 aliphatic heterocycles. The molecule has 21 heavy (non-hydrogen) atoms. The number of ether oxygens (including phenoxy) is 2. The van der Waals surface area contributed by atoms with Gasteiger partial charge in [0.1, 0.15) is 0 Å². The maximum atomic E-state index is 11.7. The van der Waals surface area contributed by atoms with Crippen molar-refractivity contribution in [3.8, 4) is 0 Å². The van der Waals surface area contributed by atoms with Crippen molar-refractivity contribution in [2.45, 2.75) is 25.8 Å². The van der Waals surface area contributed by atoms with Gasteiger partial charge in [0.25, 0.3) is 0 Å². The van der Waals surface area contributed by atoms with Crippen LogP contribution in [0.1, 0.15) is 19.8 Å². The van der Waals surface area contributed by atoms with Crippen molar-refractivity contribution in [1.82, 2.24) is 14.7 Å². The maximum Gasteiger partial charge on any atom is 0.409 e. The highest BCUT2D eigenvalue weighted by atomic mass is 16.6. The van der Waals surface area contributed by atoms with Crippen molar-refractivity contribution in [1.29, 1.82) is 0 Å². The molecule has 0 aromatic carbocycles. The van der Waals surface area contributed by atoms with E-state index in [0.29, 0.717) is 25.7 Å². The summed E-state index contributed by atoms with van der Waals surface area (Å²) >= 11 is 0. The van der Waals surface area contributed by atoms with Crippen LogP contribution in [0.15, 0.2) is 0 Å². The van der Waals surface area contributed by atoms with E-state index in [0.717, 1.165) is 39.0 Å². The lowest BCUT2D eigenvalue weighted by molar-refractivity contribution is 0.0463. The summed E-state index contributed by atoms with van der Waals surface area (Å²) in [5, 5.41) is 0. The van der Waals surface area contributed by atoms with Crippen LogP contribution in [0.3, 0.4) is 0 Å². The third-order valence-electron chi connectivity index (χ3n) is 4.25. The molecular formula is C14H25N3O4. The van der Waals surface area contributed by atoms with E-state index in [2.05, 4.69) is 4.90 Å². The van der Waals surface area contributed by atoms with E-state index in [9.17, 15) is 9.59 Å². The van der Waals surface area contributed by atoms with E-state index in [1.807, 2.05) is 6.92 Å². The van der Waals surface area contributed by atoms with E-state index >= 15 is 0 Å². The zero-order valence-corrected chi connectivity index (χ0v) is 12.9. The molecule has 0 spiro atoms. The molecule has 7 nitrogen and oxygen atoms in total. The Morgan fingerprint density at radius 1 is 0.952 bits per heavy atom. The molecule has 0 aromatic heterocycles. The monoisotopic (exact) mass is 299 g/mol. The van der Waals surface area contributed by atoms with Gasteiger partial charge >= 0.3 is 12.2 Å². The minimum Gasteiger partial charge on any atom is -0.453 e. The van der Waals surface area contributed by atoms with Gasteiger partial charge < -0.3 is 19.3 Å². The number of piperidine rings is 1. The Morgan fingerprint density at radius 3 is 2.05 bits per heavy atom. The van der Waals surface area contributed by atoms with E-state index in [1.54, 1.807) is 9.80 Å². The zero-order valence-electron chi connectivity index (χ0n) is 12.9. The molecule has 0 aromatic rings. The van der Waals surface area contributed by atoms with Crippen LogP contribution >= 0.6 is 0 Å². The summed E-state index contributed by atoms with van der Waals surface area (Å²) in [6.07, 6.45) is 1.49. The fraction of sp³-hybridized carbons (Fsp3) is 0.857. The third-order valence-corrected chi connectivity index (χ3v) is 4.25. The molecule has 7 heteroatoms. The predicted molar refractivity (Wildman–Crippen MR) is 77.2 cm³/mol. The molecule has 2 aliphatic rings. The highest BCUT2D eigenvalue weighted by Crippen LogP contribution is 2.19. The Hall–Kier alpha value is -1.50. The summed E-state index contributed by atoms with van der Waals surface area (Å²) in [6.45, 7) is 6.93. The van der Waals surface area contributed by atoms with E-state index in [4.69, 9.17) is 9.47 Å². The van der Waals surface area contributed by atoms with Gasteiger partial charge in [-0.1, -0.05) is 0 Å². The van der Waals surface area contributed by atoms with Crippen LogP contribution in [-0.2, 0) is 9.47 Å². The largest absolute Gasteiger partial charge is 0.453 e. The van der Waals surface area contributed by atoms with Crippen molar-refractivity contribution in [2.75, 3.05) is 53.0 Å². The fourth-order valence-electron chi connectivity index (χ4n) is 3.03. The summed E-state index contributed by atoms with van der Waals surface area (Å²) < 4.78 is 9.77. The topological polar surface area (TPSA) is 62.3 Å². The number of hydrogen-bond donors (Lipinski definition) is 0. The van der Waals surface area contributed by atoms with Gasteiger partial charge in [0.05, 0.1) is 13.7 Å². The van der Waals surface area contributed by atoms with E-state index < -0.39 is 0 Å². The lowest BCUT2D eigenvalue weighted by atomic mass is 10.0. The number of hydrogen-bond acceptors (Lipinski definition) is 5. The zero-order chi connectivity index (χ0) is 15.2. The van der Waals surface area contributed by atoms with Gasteiger partial charge in [0.15, 0.2) is 0 Å². The Bertz CT molecular complexity index is 361. The van der Waals surface area contributed by atoms with Crippen LogP contribution in [0.5, 0.6) is 0 Å². The smallest absolute Gasteiger partial charge is 0.409 e. The van der Waals surface area contributed by atoms with Gasteiger partial charge in [-0.05, 0) is 19.8 Å². The van der Waals surface area contributed by atoms with Gasteiger partial charge in [-0.3, -0.25) is 4.90 Å². The quantitative estimate of drug-likeness (QED) is 0.761. The first-order valence-corrected chi connectivity index (χ1v) is 7.64. The average Bonchev–Trinajstić information content (AvgIpc) is 2.54. The minimum atomic E-state index is -0.244. The summed E-state index contributed by atoms with van der Waals surface area (Å²) in [5.74, 6) is 0. The Morgan fingerprint density at radius 2 is 1.52 bits per heavy atom. The van der Waals surface area contributed by atoms with Crippen LogP contribution in [0, 0.1) is 0 Å². The second kappa shape index (κ2) is 7.49. The molecule has 0 radical (unpaired) electrons. The summed E-state index contributed by atoms with van der Waals surface area (Å²) in [7, 11) is 1.42. The molecule has 2 fully saturated rings. The number of methoxy groups -OCH3 is 1. The second-order valence-electron chi connectivity index (χ2n) is 5.41. The van der Waals surface area contributed by atoms with Crippen LogP contribution in [-0.4, -0.2) is 85.9 Å². The molecule has 0 aliphatic carbocycles. The molecule has 0 saturated carbocycles. The lowest BCUT2D eigenvalue weighted by Crippen LogP contribution is -2.54. The first-order chi connectivity index (χ1) is 10.2. The molecule has 2 rings (SSSR count). The molecule has 2 saturated heterocycles. The van der Waals surface area contributed by atoms with E-state index in [1.165, 1.54) is 7.11 Å². The number of likely N-dealkylation sites (tertiary alicyclic amines) is 1. The molecule has 0 bridgehead atoms. The minimum absolute atomic E-state index is 0.202. The molecule has 2 amide bonds. The first-order valence-electron chi connectivity index (χ1n) is 7.64. The number of rotatable bonds is 2. The third kappa shape index (κ3) is 4.00. The number of carbonyl (C=O) groups is 2. The molecule has 2 heterocycles. The van der Waals surface area contributed by atoms with Crippen molar-refractivity contribution >= 4 is 12.2 Å². The van der Waals surface area contributed by atoms with Gasteiger partial charge in [0.2, 0.25) is 0 Å². The summed E-state index contributed by atoms with van der Waals surface area (Å²) in [6, 6.07) is 0.496. The molecule has 120 valence electrons. The van der Waals surface area contributed by atoms with E-state index in [-0.39, 0.29) is 12.2 Å². The highest BCUT2D eigenvalue weighted by Gasteiger charge is 2.30. The standard InChI is InChI=1S/C14H25N3O4/c1-3-21-14(19)16-6-4-12(5-7-16)15-8-10-17(11-9-15)13(18)20-2/h12H,3-11H2,1-2H3. The molecule has 0 N–H and O–H groups in total. The Kier molecular flexibility index (Phi) is 5.67. The van der Waals surface area contributed by atoms with Crippen molar-refractivity contribution < 1.29 is 19.1 Å². The number of carbonyl (C=O) groups excluding carboxylic acids is 2. The number of nitrogens with zero attached hydrogens (tertiary/aromatic N) is 3. The fourth-order valence-corrected chi connectivity index (χ4v) is 3.03. The van der Waals surface area contributed by atoms with Gasteiger partial charge in [-0.25, -0.2) is 9.59 Å². The predicted octanol–water partition coefficient (Wildman–Crippen LogP) is 0.991. The van der Waals surface area contributed by atoms with Gasteiger partial charge in [-0.15, -0.1) is 0 Å². The summed E-state index contributed by atoms with van der Waals surface area (Å²) in [5.41, 5.74) is 0. The number of piperazine rings is 1. The van der Waals surface area contributed by atoms with Crippen LogP contribution in [0.4, 0.5) is 9.59 Å². The van der Waals surface area contributed by atoms with Crippen LogP contribution in [0.25, 0.3) is 0 Å². The Labute approximate surface area is 125 Å². The SMILES string of the molecule is CCOC(=O)N1CCC(N2CCN(C(=O)OC)CC2)CC1. The highest BCUT2D eigenvalue weighted by molar-refractivity contribution is 5.68. The van der Waals surface area contributed by atoms with Crippen molar-refractivity contribution in [3.05, 3.63) is 0 Å². The second-order valence-corrected chi connectivity index (χ2v) is 5.41. The van der Waals surface area contributed by atoms with Crippen LogP contribution < -0.4 is 0 Å². The van der Waals surface area contributed by atoms with Crippen molar-refractivity contribution in [2.24, 2.45) is 0 Å². The summed E-state index contributed by atoms with van der Waals surface area (Å²) in [4.78, 5) is 29.1. The first kappa shape index (κ1) is 15.9. The Balaban J connectivity index is 1.74. The maximum absolute atomic E-state index is 11.7. The van der Waals surface area contributed by atoms with Gasteiger partial charge in [0, 0.05) is 45.3 Å². The molecule has 0 atom stereocenters. The van der Waals surface area contributed by atoms with Gasteiger partial charge in [-0.2, -0.15) is 0 Å². The lowest BCUT2D eigenvalue weighted by Gasteiger charge is -2.42. The average molecular weight is 299 g/mol.